The lowest BCUT2D eigenvalue weighted by molar-refractivity contribution is 0.229. The van der Waals surface area contributed by atoms with Crippen molar-refractivity contribution in [1.29, 1.82) is 0 Å². The fourth-order valence-electron chi connectivity index (χ4n) is 0.728. The molecule has 1 heterocycles. The van der Waals surface area contributed by atoms with Crippen molar-refractivity contribution >= 4 is 5.84 Å². The summed E-state index contributed by atoms with van der Waals surface area (Å²) in [6.45, 7) is 0. The molecule has 0 bridgehead atoms. The number of aliphatic hydroxyl groups is 1. The molecule has 11 heavy (non-hydrogen) atoms. The second-order valence-electron chi connectivity index (χ2n) is 2.05. The van der Waals surface area contributed by atoms with E-state index in [1.54, 1.807) is 18.3 Å². The highest BCUT2D eigenvalue weighted by molar-refractivity contribution is 5.84. The van der Waals surface area contributed by atoms with E-state index in [2.05, 4.69) is 10.1 Å². The molecule has 0 saturated carbocycles. The lowest BCUT2D eigenvalue weighted by Crippen LogP contribution is -2.21. The van der Waals surface area contributed by atoms with E-state index in [9.17, 15) is 5.11 Å². The fraction of sp³-hybridized carbons (Fsp3) is 0.167. The minimum atomic E-state index is -1.06. The van der Waals surface area contributed by atoms with Gasteiger partial charge in [-0.3, -0.25) is 0 Å². The van der Waals surface area contributed by atoms with E-state index in [0.717, 1.165) is 0 Å². The molecule has 1 aromatic heterocycles. The van der Waals surface area contributed by atoms with Crippen molar-refractivity contribution in [1.82, 2.24) is 4.98 Å². The minimum absolute atomic E-state index is 0.229. The summed E-state index contributed by atoms with van der Waals surface area (Å²) < 4.78 is 0. The first-order valence-electron chi connectivity index (χ1n) is 3.04. The number of aromatic amines is 1. The Hall–Kier alpha value is -1.49. The molecule has 1 aromatic rings. The Labute approximate surface area is 63.1 Å². The predicted octanol–water partition coefficient (Wildman–Crippen LogP) is -0.206. The van der Waals surface area contributed by atoms with E-state index in [-0.39, 0.29) is 5.84 Å². The van der Waals surface area contributed by atoms with E-state index in [1.165, 1.54) is 0 Å². The molecule has 0 amide bonds. The summed E-state index contributed by atoms with van der Waals surface area (Å²) in [5.41, 5.74) is 5.64. The van der Waals surface area contributed by atoms with Crippen LogP contribution in [0.25, 0.3) is 0 Å². The quantitative estimate of drug-likeness (QED) is 0.206. The fourth-order valence-corrected chi connectivity index (χ4v) is 0.728. The Balaban J connectivity index is 2.78. The van der Waals surface area contributed by atoms with Crippen LogP contribution < -0.4 is 5.73 Å². The van der Waals surface area contributed by atoms with Crippen molar-refractivity contribution in [3.63, 3.8) is 0 Å². The maximum Gasteiger partial charge on any atom is 0.174 e. The molecule has 0 saturated heterocycles. The predicted molar refractivity (Wildman–Crippen MR) is 39.2 cm³/mol. The van der Waals surface area contributed by atoms with Gasteiger partial charge in [-0.1, -0.05) is 5.16 Å². The standard InChI is InChI=1S/C6H9N3O2/c7-6(9-11)5(10)4-2-1-3-8-4/h1-3,5,8,10-11H,(H2,7,9). The number of hydrogen-bond acceptors (Lipinski definition) is 3. The maximum absolute atomic E-state index is 9.23. The van der Waals surface area contributed by atoms with E-state index in [1.807, 2.05) is 0 Å². The molecule has 0 radical (unpaired) electrons. The van der Waals surface area contributed by atoms with Crippen molar-refractivity contribution in [3.05, 3.63) is 24.0 Å². The van der Waals surface area contributed by atoms with Gasteiger partial charge in [-0.25, -0.2) is 0 Å². The summed E-state index contributed by atoms with van der Waals surface area (Å²) >= 11 is 0. The number of aromatic nitrogens is 1. The van der Waals surface area contributed by atoms with Gasteiger partial charge in [-0.2, -0.15) is 0 Å². The number of nitrogens with two attached hydrogens (primary N) is 1. The van der Waals surface area contributed by atoms with Gasteiger partial charge in [0.25, 0.3) is 0 Å². The Morgan fingerprint density at radius 1 is 1.73 bits per heavy atom. The Morgan fingerprint density at radius 3 is 2.91 bits per heavy atom. The molecule has 1 atom stereocenters. The topological polar surface area (TPSA) is 94.6 Å². The van der Waals surface area contributed by atoms with Crippen LogP contribution >= 0.6 is 0 Å². The highest BCUT2D eigenvalue weighted by Gasteiger charge is 2.12. The molecular weight excluding hydrogens is 146 g/mol. The molecule has 0 spiro atoms. The first-order valence-corrected chi connectivity index (χ1v) is 3.04. The average molecular weight is 155 g/mol. The molecule has 5 heteroatoms. The molecule has 1 rings (SSSR count). The zero-order chi connectivity index (χ0) is 8.27. The van der Waals surface area contributed by atoms with Crippen LogP contribution in [0, 0.1) is 0 Å². The van der Waals surface area contributed by atoms with Gasteiger partial charge in [0, 0.05) is 6.20 Å². The maximum atomic E-state index is 9.23. The molecule has 0 aliphatic carbocycles. The van der Waals surface area contributed by atoms with Gasteiger partial charge in [-0.05, 0) is 12.1 Å². The number of amidine groups is 1. The highest BCUT2D eigenvalue weighted by atomic mass is 16.4. The van der Waals surface area contributed by atoms with Crippen molar-refractivity contribution in [2.24, 2.45) is 10.9 Å². The van der Waals surface area contributed by atoms with Crippen LogP contribution in [-0.4, -0.2) is 21.1 Å². The first-order chi connectivity index (χ1) is 5.25. The first kappa shape index (κ1) is 7.62. The lowest BCUT2D eigenvalue weighted by Gasteiger charge is -2.04. The van der Waals surface area contributed by atoms with E-state index in [0.29, 0.717) is 5.69 Å². The molecule has 5 N–H and O–H groups in total. The van der Waals surface area contributed by atoms with Crippen LogP contribution in [0.2, 0.25) is 0 Å². The summed E-state index contributed by atoms with van der Waals surface area (Å²) in [5, 5.41) is 20.1. The summed E-state index contributed by atoms with van der Waals surface area (Å²) in [4.78, 5) is 2.73. The normalized spacial score (nSPS) is 14.8. The molecule has 1 unspecified atom stereocenters. The van der Waals surface area contributed by atoms with Crippen LogP contribution in [0.1, 0.15) is 11.8 Å². The van der Waals surface area contributed by atoms with Gasteiger partial charge in [0.15, 0.2) is 11.9 Å². The van der Waals surface area contributed by atoms with Gasteiger partial charge in [-0.15, -0.1) is 0 Å². The van der Waals surface area contributed by atoms with Crippen LogP contribution in [0.3, 0.4) is 0 Å². The molecular formula is C6H9N3O2. The highest BCUT2D eigenvalue weighted by Crippen LogP contribution is 2.08. The van der Waals surface area contributed by atoms with Gasteiger partial charge in [0.2, 0.25) is 0 Å². The SMILES string of the molecule is N/C(=N\O)C(O)c1ccc[nH]1. The molecule has 0 aliphatic heterocycles. The molecule has 5 nitrogen and oxygen atoms in total. The van der Waals surface area contributed by atoms with Gasteiger partial charge >= 0.3 is 0 Å². The number of aliphatic hydroxyl groups excluding tert-OH is 1. The summed E-state index contributed by atoms with van der Waals surface area (Å²) in [7, 11) is 0. The van der Waals surface area contributed by atoms with E-state index in [4.69, 9.17) is 10.9 Å². The molecule has 0 aliphatic rings. The Morgan fingerprint density at radius 2 is 2.45 bits per heavy atom. The monoisotopic (exact) mass is 155 g/mol. The summed E-state index contributed by atoms with van der Waals surface area (Å²) in [6, 6.07) is 3.35. The zero-order valence-electron chi connectivity index (χ0n) is 5.73. The number of oxime groups is 1. The van der Waals surface area contributed by atoms with Crippen LogP contribution in [-0.2, 0) is 0 Å². The van der Waals surface area contributed by atoms with Crippen molar-refractivity contribution < 1.29 is 10.3 Å². The Bertz CT molecular complexity index is 242. The van der Waals surface area contributed by atoms with Gasteiger partial charge in [0.05, 0.1) is 5.69 Å². The number of nitrogens with zero attached hydrogens (tertiary/aromatic N) is 1. The second-order valence-corrected chi connectivity index (χ2v) is 2.05. The van der Waals surface area contributed by atoms with Crippen molar-refractivity contribution in [3.8, 4) is 0 Å². The largest absolute Gasteiger partial charge is 0.409 e. The van der Waals surface area contributed by atoms with Gasteiger partial charge < -0.3 is 21.0 Å². The van der Waals surface area contributed by atoms with Crippen LogP contribution in [0.4, 0.5) is 0 Å². The van der Waals surface area contributed by atoms with Crippen LogP contribution in [0.5, 0.6) is 0 Å². The summed E-state index contributed by atoms with van der Waals surface area (Å²) in [5.74, 6) is -0.229. The third kappa shape index (κ3) is 1.50. The third-order valence-corrected chi connectivity index (χ3v) is 1.31. The van der Waals surface area contributed by atoms with E-state index < -0.39 is 6.10 Å². The Kier molecular flexibility index (Phi) is 2.12. The molecule has 0 aromatic carbocycles. The van der Waals surface area contributed by atoms with Crippen molar-refractivity contribution in [2.75, 3.05) is 0 Å². The second kappa shape index (κ2) is 3.07. The molecule has 60 valence electrons. The average Bonchev–Trinajstić information content (AvgIpc) is 2.53. The summed E-state index contributed by atoms with van der Waals surface area (Å²) in [6.07, 6.45) is 0.582. The van der Waals surface area contributed by atoms with Crippen LogP contribution in [0.15, 0.2) is 23.5 Å². The van der Waals surface area contributed by atoms with Crippen molar-refractivity contribution in [2.45, 2.75) is 6.10 Å². The number of H-pyrrole nitrogens is 1. The minimum Gasteiger partial charge on any atom is -0.409 e. The molecule has 0 fully saturated rings. The van der Waals surface area contributed by atoms with Gasteiger partial charge in [0.1, 0.15) is 0 Å². The van der Waals surface area contributed by atoms with E-state index >= 15 is 0 Å². The number of rotatable bonds is 2. The lowest BCUT2D eigenvalue weighted by atomic mass is 10.2. The number of hydrogen-bond donors (Lipinski definition) is 4. The third-order valence-electron chi connectivity index (χ3n) is 1.31. The number of nitrogens with one attached hydrogen (secondary N) is 1. The zero-order valence-corrected chi connectivity index (χ0v) is 5.73. The smallest absolute Gasteiger partial charge is 0.174 e.